The molecule has 31 heavy (non-hydrogen) atoms. The predicted octanol–water partition coefficient (Wildman–Crippen LogP) is 3.99. The number of carbonyl (C=O) groups is 2. The largest absolute Gasteiger partial charge is 0.478 e. The molecule has 0 bridgehead atoms. The van der Waals surface area contributed by atoms with Crippen molar-refractivity contribution in [3.05, 3.63) is 71.2 Å². The number of aromatic amines is 1. The van der Waals surface area contributed by atoms with Crippen LogP contribution in [0.4, 0.5) is 4.39 Å². The van der Waals surface area contributed by atoms with E-state index >= 15 is 0 Å². The van der Waals surface area contributed by atoms with Crippen molar-refractivity contribution in [3.8, 4) is 0 Å². The average molecular weight is 423 g/mol. The number of carboxylic acids is 1. The number of fused-ring (bicyclic) bond motifs is 1. The molecule has 2 heterocycles. The van der Waals surface area contributed by atoms with Crippen LogP contribution >= 0.6 is 0 Å². The van der Waals surface area contributed by atoms with Gasteiger partial charge >= 0.3 is 5.97 Å². The summed E-state index contributed by atoms with van der Waals surface area (Å²) in [7, 11) is 0. The monoisotopic (exact) mass is 423 g/mol. The molecule has 4 rings (SSSR count). The van der Waals surface area contributed by atoms with Crippen molar-refractivity contribution in [2.24, 2.45) is 5.92 Å². The predicted molar refractivity (Wildman–Crippen MR) is 117 cm³/mol. The van der Waals surface area contributed by atoms with Crippen molar-refractivity contribution >= 4 is 22.8 Å². The molecule has 0 spiro atoms. The summed E-state index contributed by atoms with van der Waals surface area (Å²) in [4.78, 5) is 31.7. The maximum atomic E-state index is 14.1. The van der Waals surface area contributed by atoms with Gasteiger partial charge in [-0.25, -0.2) is 9.18 Å². The SMILES string of the molecule is CC(C)C1CN(Cc2ccccc2F)CCN1C(=O)c1ccc2c(C(=O)O)c[nH]c2c1. The summed E-state index contributed by atoms with van der Waals surface area (Å²) >= 11 is 0. The molecule has 0 aliphatic carbocycles. The lowest BCUT2D eigenvalue weighted by molar-refractivity contribution is 0.0326. The van der Waals surface area contributed by atoms with Crippen molar-refractivity contribution < 1.29 is 19.1 Å². The van der Waals surface area contributed by atoms with E-state index in [0.717, 1.165) is 0 Å². The molecule has 1 atom stereocenters. The third kappa shape index (κ3) is 4.18. The molecular formula is C24H26FN3O3. The zero-order valence-corrected chi connectivity index (χ0v) is 17.6. The van der Waals surface area contributed by atoms with Gasteiger partial charge in [-0.3, -0.25) is 9.69 Å². The molecule has 162 valence electrons. The van der Waals surface area contributed by atoms with Crippen LogP contribution in [0, 0.1) is 11.7 Å². The highest BCUT2D eigenvalue weighted by Gasteiger charge is 2.33. The minimum absolute atomic E-state index is 0.00180. The Hall–Kier alpha value is -3.19. The molecule has 7 heteroatoms. The van der Waals surface area contributed by atoms with Crippen LogP contribution in [0.25, 0.3) is 10.9 Å². The lowest BCUT2D eigenvalue weighted by Gasteiger charge is -2.43. The number of hydrogen-bond acceptors (Lipinski definition) is 3. The number of H-pyrrole nitrogens is 1. The molecule has 2 aromatic carbocycles. The molecule has 1 aromatic heterocycles. The number of nitrogens with one attached hydrogen (secondary N) is 1. The first-order valence-corrected chi connectivity index (χ1v) is 10.5. The minimum Gasteiger partial charge on any atom is -0.478 e. The van der Waals surface area contributed by atoms with Gasteiger partial charge in [-0.05, 0) is 24.1 Å². The number of rotatable bonds is 5. The van der Waals surface area contributed by atoms with Gasteiger partial charge in [0, 0.05) is 60.4 Å². The highest BCUT2D eigenvalue weighted by molar-refractivity contribution is 6.05. The van der Waals surface area contributed by atoms with Crippen molar-refractivity contribution in [2.75, 3.05) is 19.6 Å². The van der Waals surface area contributed by atoms with E-state index in [1.165, 1.54) is 12.3 Å². The van der Waals surface area contributed by atoms with E-state index in [0.29, 0.717) is 48.2 Å². The Morgan fingerprint density at radius 3 is 2.68 bits per heavy atom. The van der Waals surface area contributed by atoms with Crippen LogP contribution in [0.1, 0.15) is 40.1 Å². The summed E-state index contributed by atoms with van der Waals surface area (Å²) in [5, 5.41) is 9.86. The Balaban J connectivity index is 1.53. The average Bonchev–Trinajstić information content (AvgIpc) is 3.18. The molecule has 3 aromatic rings. The van der Waals surface area contributed by atoms with Crippen molar-refractivity contribution in [1.82, 2.24) is 14.8 Å². The number of aromatic nitrogens is 1. The molecule has 0 radical (unpaired) electrons. The van der Waals surface area contributed by atoms with Gasteiger partial charge in [-0.15, -0.1) is 0 Å². The highest BCUT2D eigenvalue weighted by atomic mass is 19.1. The van der Waals surface area contributed by atoms with E-state index in [1.54, 1.807) is 30.3 Å². The summed E-state index contributed by atoms with van der Waals surface area (Å²) in [5.41, 5.74) is 2.01. The van der Waals surface area contributed by atoms with Gasteiger partial charge in [0.2, 0.25) is 0 Å². The number of halogens is 1. The quantitative estimate of drug-likeness (QED) is 0.651. The Kier molecular flexibility index (Phi) is 5.78. The summed E-state index contributed by atoms with van der Waals surface area (Å²) in [6, 6.07) is 11.9. The summed E-state index contributed by atoms with van der Waals surface area (Å²) in [6.45, 7) is 6.59. The Labute approximate surface area is 180 Å². The second-order valence-electron chi connectivity index (χ2n) is 8.40. The maximum absolute atomic E-state index is 14.1. The first kappa shape index (κ1) is 21.1. The van der Waals surface area contributed by atoms with E-state index in [4.69, 9.17) is 0 Å². The fourth-order valence-corrected chi connectivity index (χ4v) is 4.31. The van der Waals surface area contributed by atoms with E-state index in [1.807, 2.05) is 11.0 Å². The third-order valence-electron chi connectivity index (χ3n) is 6.04. The number of hydrogen-bond donors (Lipinski definition) is 2. The first-order chi connectivity index (χ1) is 14.8. The summed E-state index contributed by atoms with van der Waals surface area (Å²) in [6.07, 6.45) is 1.44. The lowest BCUT2D eigenvalue weighted by atomic mass is 9.97. The molecular weight excluding hydrogens is 397 g/mol. The normalized spacial score (nSPS) is 17.4. The van der Waals surface area contributed by atoms with Crippen LogP contribution in [-0.2, 0) is 6.54 Å². The standard InChI is InChI=1S/C24H26FN3O3/c1-15(2)22-14-27(13-17-5-3-4-6-20(17)25)9-10-28(22)23(29)16-7-8-18-19(24(30)31)12-26-21(18)11-16/h3-8,11-12,15,22,26H,9-10,13-14H2,1-2H3,(H,30,31). The van der Waals surface area contributed by atoms with Crippen molar-refractivity contribution in [2.45, 2.75) is 26.4 Å². The molecule has 1 aliphatic rings. The van der Waals surface area contributed by atoms with E-state index < -0.39 is 5.97 Å². The summed E-state index contributed by atoms with van der Waals surface area (Å²) in [5.74, 6) is -1.05. The fraction of sp³-hybridized carbons (Fsp3) is 0.333. The van der Waals surface area contributed by atoms with Crippen LogP contribution in [-0.4, -0.2) is 57.4 Å². The van der Waals surface area contributed by atoms with Crippen molar-refractivity contribution in [3.63, 3.8) is 0 Å². The molecule has 2 N–H and O–H groups in total. The first-order valence-electron chi connectivity index (χ1n) is 10.5. The van der Waals surface area contributed by atoms with Gasteiger partial charge in [0.15, 0.2) is 0 Å². The number of benzene rings is 2. The molecule has 1 amide bonds. The van der Waals surface area contributed by atoms with E-state index in [-0.39, 0.29) is 29.2 Å². The highest BCUT2D eigenvalue weighted by Crippen LogP contribution is 2.25. The molecule has 0 saturated carbocycles. The van der Waals surface area contributed by atoms with Crippen LogP contribution < -0.4 is 0 Å². The lowest BCUT2D eigenvalue weighted by Crippen LogP contribution is -2.56. The van der Waals surface area contributed by atoms with Gasteiger partial charge < -0.3 is 15.0 Å². The molecule has 1 fully saturated rings. The second kappa shape index (κ2) is 8.51. The van der Waals surface area contributed by atoms with Gasteiger partial charge in [-0.1, -0.05) is 38.1 Å². The topological polar surface area (TPSA) is 76.6 Å². The van der Waals surface area contributed by atoms with Gasteiger partial charge in [0.1, 0.15) is 5.82 Å². The molecule has 1 aliphatic heterocycles. The van der Waals surface area contributed by atoms with Crippen LogP contribution in [0.3, 0.4) is 0 Å². The molecule has 6 nitrogen and oxygen atoms in total. The Morgan fingerprint density at radius 1 is 1.19 bits per heavy atom. The molecule has 1 saturated heterocycles. The summed E-state index contributed by atoms with van der Waals surface area (Å²) < 4.78 is 14.1. The van der Waals surface area contributed by atoms with E-state index in [2.05, 4.69) is 23.7 Å². The smallest absolute Gasteiger partial charge is 0.337 e. The Morgan fingerprint density at radius 2 is 1.97 bits per heavy atom. The van der Waals surface area contributed by atoms with Crippen LogP contribution in [0.2, 0.25) is 0 Å². The number of amides is 1. The zero-order chi connectivity index (χ0) is 22.1. The van der Waals surface area contributed by atoms with Crippen molar-refractivity contribution in [1.29, 1.82) is 0 Å². The zero-order valence-electron chi connectivity index (χ0n) is 17.6. The van der Waals surface area contributed by atoms with Crippen LogP contribution in [0.15, 0.2) is 48.7 Å². The maximum Gasteiger partial charge on any atom is 0.337 e. The number of nitrogens with zero attached hydrogens (tertiary/aromatic N) is 2. The van der Waals surface area contributed by atoms with Gasteiger partial charge in [0.25, 0.3) is 5.91 Å². The Bertz CT molecular complexity index is 1120. The number of piperazine rings is 1. The van der Waals surface area contributed by atoms with Gasteiger partial charge in [-0.2, -0.15) is 0 Å². The van der Waals surface area contributed by atoms with E-state index in [9.17, 15) is 19.1 Å². The number of carboxylic acid groups (broad SMARTS) is 1. The van der Waals surface area contributed by atoms with Crippen LogP contribution in [0.5, 0.6) is 0 Å². The second-order valence-corrected chi connectivity index (χ2v) is 8.40. The third-order valence-corrected chi connectivity index (χ3v) is 6.04. The minimum atomic E-state index is -1.00. The number of carbonyl (C=O) groups excluding carboxylic acids is 1. The molecule has 1 unspecified atom stereocenters. The number of aromatic carboxylic acids is 1. The fourth-order valence-electron chi connectivity index (χ4n) is 4.31. The van der Waals surface area contributed by atoms with Gasteiger partial charge in [0.05, 0.1) is 5.56 Å².